The van der Waals surface area contributed by atoms with E-state index in [-0.39, 0.29) is 6.03 Å². The topological polar surface area (TPSA) is 60.9 Å². The number of urea groups is 1. The molecule has 1 unspecified atom stereocenters. The second-order valence-electron chi connectivity index (χ2n) is 5.41. The van der Waals surface area contributed by atoms with Crippen LogP contribution in [0.2, 0.25) is 0 Å². The summed E-state index contributed by atoms with van der Waals surface area (Å²) in [5.74, 6) is -0.921. The molecule has 1 aliphatic heterocycles. The molecule has 20 heavy (non-hydrogen) atoms. The van der Waals surface area contributed by atoms with E-state index in [1.807, 2.05) is 17.5 Å². The molecule has 1 saturated heterocycles. The molecule has 2 heterocycles. The number of amides is 2. The van der Waals surface area contributed by atoms with Gasteiger partial charge in [0.1, 0.15) is 5.54 Å². The Kier molecular flexibility index (Phi) is 4.32. The minimum Gasteiger partial charge on any atom is -0.480 e. The lowest BCUT2D eigenvalue weighted by Gasteiger charge is -2.43. The Bertz CT molecular complexity index is 489. The minimum absolute atomic E-state index is 0.206. The first-order valence-corrected chi connectivity index (χ1v) is 7.61. The van der Waals surface area contributed by atoms with Gasteiger partial charge in [-0.25, -0.2) is 9.59 Å². The SMILES string of the molecule is CN(Cc1cccs1)C(=O)N1CCCCC1(C)C(=O)O. The molecule has 6 heteroatoms. The summed E-state index contributed by atoms with van der Waals surface area (Å²) in [6, 6.07) is 3.71. The predicted molar refractivity (Wildman–Crippen MR) is 77.8 cm³/mol. The Morgan fingerprint density at radius 3 is 2.85 bits per heavy atom. The van der Waals surface area contributed by atoms with Gasteiger partial charge in [0, 0.05) is 18.5 Å². The molecule has 1 aromatic rings. The maximum absolute atomic E-state index is 12.5. The number of carbonyl (C=O) groups is 2. The van der Waals surface area contributed by atoms with E-state index in [9.17, 15) is 14.7 Å². The highest BCUT2D eigenvalue weighted by molar-refractivity contribution is 7.09. The molecule has 0 spiro atoms. The van der Waals surface area contributed by atoms with E-state index in [1.54, 1.807) is 30.2 Å². The first kappa shape index (κ1) is 14.8. The summed E-state index contributed by atoms with van der Waals surface area (Å²) < 4.78 is 0. The molecule has 110 valence electrons. The van der Waals surface area contributed by atoms with Crippen molar-refractivity contribution in [3.63, 3.8) is 0 Å². The molecule has 2 amide bonds. The van der Waals surface area contributed by atoms with Crippen molar-refractivity contribution in [2.24, 2.45) is 0 Å². The van der Waals surface area contributed by atoms with Crippen molar-refractivity contribution in [2.75, 3.05) is 13.6 Å². The number of piperidine rings is 1. The third kappa shape index (κ3) is 2.80. The fourth-order valence-corrected chi connectivity index (χ4v) is 3.32. The average Bonchev–Trinajstić information content (AvgIpc) is 2.91. The lowest BCUT2D eigenvalue weighted by atomic mass is 9.89. The molecule has 0 aromatic carbocycles. The molecule has 1 fully saturated rings. The van der Waals surface area contributed by atoms with Gasteiger partial charge in [0.25, 0.3) is 0 Å². The highest BCUT2D eigenvalue weighted by Crippen LogP contribution is 2.29. The van der Waals surface area contributed by atoms with Crippen LogP contribution >= 0.6 is 11.3 Å². The van der Waals surface area contributed by atoms with E-state index in [0.29, 0.717) is 19.5 Å². The molecule has 0 radical (unpaired) electrons. The zero-order valence-corrected chi connectivity index (χ0v) is 12.7. The van der Waals surface area contributed by atoms with Crippen LogP contribution in [-0.4, -0.2) is 46.0 Å². The smallest absolute Gasteiger partial charge is 0.329 e. The van der Waals surface area contributed by atoms with Gasteiger partial charge in [0.2, 0.25) is 0 Å². The van der Waals surface area contributed by atoms with Crippen molar-refractivity contribution in [2.45, 2.75) is 38.3 Å². The highest BCUT2D eigenvalue weighted by Gasteiger charge is 2.44. The van der Waals surface area contributed by atoms with Crippen molar-refractivity contribution < 1.29 is 14.7 Å². The quantitative estimate of drug-likeness (QED) is 0.932. The van der Waals surface area contributed by atoms with Gasteiger partial charge in [-0.05, 0) is 37.6 Å². The van der Waals surface area contributed by atoms with Crippen LogP contribution in [0, 0.1) is 0 Å². The Morgan fingerprint density at radius 1 is 1.50 bits per heavy atom. The molecule has 1 aliphatic rings. The number of nitrogens with zero attached hydrogens (tertiary/aromatic N) is 2. The lowest BCUT2D eigenvalue weighted by Crippen LogP contribution is -2.60. The third-order valence-electron chi connectivity index (χ3n) is 3.88. The maximum atomic E-state index is 12.5. The summed E-state index contributed by atoms with van der Waals surface area (Å²) in [7, 11) is 1.72. The number of aliphatic carboxylic acids is 1. The van der Waals surface area contributed by atoms with Gasteiger partial charge >= 0.3 is 12.0 Å². The van der Waals surface area contributed by atoms with Crippen LogP contribution in [0.1, 0.15) is 31.1 Å². The van der Waals surface area contributed by atoms with Crippen LogP contribution < -0.4 is 0 Å². The van der Waals surface area contributed by atoms with Crippen LogP contribution in [0.25, 0.3) is 0 Å². The van der Waals surface area contributed by atoms with Crippen molar-refractivity contribution in [1.29, 1.82) is 0 Å². The summed E-state index contributed by atoms with van der Waals surface area (Å²) in [4.78, 5) is 28.3. The number of hydrogen-bond donors (Lipinski definition) is 1. The van der Waals surface area contributed by atoms with Crippen molar-refractivity contribution >= 4 is 23.3 Å². The van der Waals surface area contributed by atoms with Gasteiger partial charge in [0.15, 0.2) is 0 Å². The van der Waals surface area contributed by atoms with E-state index in [4.69, 9.17) is 0 Å². The van der Waals surface area contributed by atoms with Gasteiger partial charge in [-0.1, -0.05) is 6.07 Å². The van der Waals surface area contributed by atoms with Crippen LogP contribution in [0.5, 0.6) is 0 Å². The van der Waals surface area contributed by atoms with Gasteiger partial charge in [0.05, 0.1) is 6.54 Å². The van der Waals surface area contributed by atoms with Gasteiger partial charge < -0.3 is 14.9 Å². The zero-order chi connectivity index (χ0) is 14.8. The molecule has 2 rings (SSSR count). The second-order valence-corrected chi connectivity index (χ2v) is 6.44. The Balaban J connectivity index is 2.11. The number of thiophene rings is 1. The minimum atomic E-state index is -1.08. The lowest BCUT2D eigenvalue weighted by molar-refractivity contribution is -0.150. The molecule has 5 nitrogen and oxygen atoms in total. The van der Waals surface area contributed by atoms with Gasteiger partial charge in [-0.15, -0.1) is 11.3 Å². The van der Waals surface area contributed by atoms with Crippen molar-refractivity contribution in [3.05, 3.63) is 22.4 Å². The molecular formula is C14H20N2O3S. The van der Waals surface area contributed by atoms with E-state index in [1.165, 1.54) is 4.90 Å². The summed E-state index contributed by atoms with van der Waals surface area (Å²) in [5, 5.41) is 11.4. The normalized spacial score (nSPS) is 22.6. The molecule has 0 bridgehead atoms. The number of carboxylic acids is 1. The number of likely N-dealkylation sites (tertiary alicyclic amines) is 1. The molecular weight excluding hydrogens is 276 g/mol. The van der Waals surface area contributed by atoms with Crippen molar-refractivity contribution in [1.82, 2.24) is 9.80 Å². The summed E-state index contributed by atoms with van der Waals surface area (Å²) in [6.07, 6.45) is 2.23. The van der Waals surface area contributed by atoms with Crippen LogP contribution in [0.15, 0.2) is 17.5 Å². The number of carboxylic acid groups (broad SMARTS) is 1. The number of carbonyl (C=O) groups excluding carboxylic acids is 1. The third-order valence-corrected chi connectivity index (χ3v) is 4.74. The predicted octanol–water partition coefficient (Wildman–Crippen LogP) is 2.63. The van der Waals surface area contributed by atoms with Crippen molar-refractivity contribution in [3.8, 4) is 0 Å². The summed E-state index contributed by atoms with van der Waals surface area (Å²) in [6.45, 7) is 2.67. The molecule has 1 aromatic heterocycles. The molecule has 1 atom stereocenters. The van der Waals surface area contributed by atoms with E-state index >= 15 is 0 Å². The van der Waals surface area contributed by atoms with E-state index in [2.05, 4.69) is 0 Å². The molecule has 0 aliphatic carbocycles. The number of rotatable bonds is 3. The maximum Gasteiger partial charge on any atom is 0.329 e. The number of hydrogen-bond acceptors (Lipinski definition) is 3. The second kappa shape index (κ2) is 5.83. The Morgan fingerprint density at radius 2 is 2.25 bits per heavy atom. The standard InChI is InChI=1S/C14H20N2O3S/c1-14(12(17)18)7-3-4-8-16(14)13(19)15(2)10-11-6-5-9-20-11/h5-6,9H,3-4,7-8,10H2,1-2H3,(H,17,18). The monoisotopic (exact) mass is 296 g/mol. The van der Waals surface area contributed by atoms with Gasteiger partial charge in [-0.2, -0.15) is 0 Å². The first-order valence-electron chi connectivity index (χ1n) is 6.73. The van der Waals surface area contributed by atoms with E-state index in [0.717, 1.165) is 17.7 Å². The fraction of sp³-hybridized carbons (Fsp3) is 0.571. The molecule has 1 N–H and O–H groups in total. The van der Waals surface area contributed by atoms with E-state index < -0.39 is 11.5 Å². The average molecular weight is 296 g/mol. The largest absolute Gasteiger partial charge is 0.480 e. The summed E-state index contributed by atoms with van der Waals surface area (Å²) >= 11 is 1.59. The molecule has 0 saturated carbocycles. The first-order chi connectivity index (χ1) is 9.45. The van der Waals surface area contributed by atoms with Crippen LogP contribution in [0.3, 0.4) is 0 Å². The van der Waals surface area contributed by atoms with Crippen LogP contribution in [0.4, 0.5) is 4.79 Å². The summed E-state index contributed by atoms with van der Waals surface area (Å²) in [5.41, 5.74) is -1.08. The highest BCUT2D eigenvalue weighted by atomic mass is 32.1. The van der Waals surface area contributed by atoms with Gasteiger partial charge in [-0.3, -0.25) is 0 Å². The zero-order valence-electron chi connectivity index (χ0n) is 11.8. The fourth-order valence-electron chi connectivity index (χ4n) is 2.56. The Labute approximate surface area is 122 Å². The van der Waals surface area contributed by atoms with Crippen LogP contribution in [-0.2, 0) is 11.3 Å². The Hall–Kier alpha value is -1.56.